The minimum atomic E-state index is 0.565. The van der Waals surface area contributed by atoms with Crippen molar-refractivity contribution in [3.8, 4) is 6.07 Å². The highest BCUT2D eigenvalue weighted by Crippen LogP contribution is 2.30. The Morgan fingerprint density at radius 1 is 1.43 bits per heavy atom. The summed E-state index contributed by atoms with van der Waals surface area (Å²) in [5, 5.41) is 13.2. The lowest BCUT2D eigenvalue weighted by Gasteiger charge is -2.09. The highest BCUT2D eigenvalue weighted by Gasteiger charge is 2.09. The Morgan fingerprint density at radius 2 is 2.24 bits per heavy atom. The lowest BCUT2D eigenvalue weighted by atomic mass is 10.1. The smallest absolute Gasteiger partial charge is 0.260 e. The Bertz CT molecular complexity index is 643. The number of nitrogens with one attached hydrogen (secondary N) is 1. The number of aryl methyl sites for hydroxylation is 1. The van der Waals surface area contributed by atoms with Crippen LogP contribution >= 0.6 is 11.8 Å². The van der Waals surface area contributed by atoms with Crippen LogP contribution in [0.15, 0.2) is 39.0 Å². The van der Waals surface area contributed by atoms with E-state index in [2.05, 4.69) is 30.2 Å². The van der Waals surface area contributed by atoms with Gasteiger partial charge in [0, 0.05) is 11.4 Å². The standard InChI is InChI=1S/C16H19N3OS/c1-11(2)8-18-9-13-4-5-15(14(6-13)7-17)21-16-19-12(3)10-20-16/h4-6,10-11,18H,8-9H2,1-3H3. The molecule has 1 heterocycles. The third-order valence-corrected chi connectivity index (χ3v) is 3.78. The van der Waals surface area contributed by atoms with Crippen molar-refractivity contribution in [1.29, 1.82) is 5.26 Å². The van der Waals surface area contributed by atoms with Crippen LogP contribution in [0.25, 0.3) is 0 Å². The van der Waals surface area contributed by atoms with Gasteiger partial charge < -0.3 is 9.73 Å². The molecule has 0 aliphatic carbocycles. The van der Waals surface area contributed by atoms with E-state index < -0.39 is 0 Å². The van der Waals surface area contributed by atoms with Crippen LogP contribution in [0.5, 0.6) is 0 Å². The minimum absolute atomic E-state index is 0.565. The Balaban J connectivity index is 2.07. The summed E-state index contributed by atoms with van der Waals surface area (Å²) in [5.41, 5.74) is 2.60. The lowest BCUT2D eigenvalue weighted by Crippen LogP contribution is -2.18. The molecule has 0 saturated carbocycles. The number of hydrogen-bond donors (Lipinski definition) is 1. The first-order chi connectivity index (χ1) is 10.1. The van der Waals surface area contributed by atoms with Crippen LogP contribution in [0.4, 0.5) is 0 Å². The van der Waals surface area contributed by atoms with E-state index >= 15 is 0 Å². The highest BCUT2D eigenvalue weighted by atomic mass is 32.2. The van der Waals surface area contributed by atoms with Gasteiger partial charge in [-0.2, -0.15) is 5.26 Å². The molecule has 2 aromatic rings. The van der Waals surface area contributed by atoms with Crippen molar-refractivity contribution < 1.29 is 4.42 Å². The summed E-state index contributed by atoms with van der Waals surface area (Å²) < 4.78 is 5.32. The van der Waals surface area contributed by atoms with E-state index in [1.54, 1.807) is 6.26 Å². The Morgan fingerprint density at radius 3 is 2.86 bits per heavy atom. The fourth-order valence-electron chi connectivity index (χ4n) is 1.84. The van der Waals surface area contributed by atoms with Crippen molar-refractivity contribution in [2.75, 3.05) is 6.54 Å². The molecule has 0 fully saturated rings. The van der Waals surface area contributed by atoms with Gasteiger partial charge in [0.05, 0.1) is 11.3 Å². The molecule has 1 aromatic heterocycles. The van der Waals surface area contributed by atoms with Gasteiger partial charge >= 0.3 is 0 Å². The topological polar surface area (TPSA) is 61.9 Å². The first kappa shape index (κ1) is 15.6. The molecule has 0 saturated heterocycles. The molecule has 0 unspecified atom stereocenters. The van der Waals surface area contributed by atoms with Crippen molar-refractivity contribution in [3.05, 3.63) is 41.3 Å². The molecular weight excluding hydrogens is 282 g/mol. The van der Waals surface area contributed by atoms with E-state index in [4.69, 9.17) is 4.42 Å². The zero-order chi connectivity index (χ0) is 15.2. The fourth-order valence-corrected chi connectivity index (χ4v) is 2.67. The number of nitriles is 1. The molecule has 21 heavy (non-hydrogen) atoms. The zero-order valence-corrected chi connectivity index (χ0v) is 13.3. The largest absolute Gasteiger partial charge is 0.439 e. The molecule has 5 heteroatoms. The highest BCUT2D eigenvalue weighted by molar-refractivity contribution is 7.99. The summed E-state index contributed by atoms with van der Waals surface area (Å²) in [6.45, 7) is 7.96. The minimum Gasteiger partial charge on any atom is -0.439 e. The Hall–Kier alpha value is -1.77. The number of oxazole rings is 1. The van der Waals surface area contributed by atoms with Gasteiger partial charge in [-0.1, -0.05) is 19.9 Å². The van der Waals surface area contributed by atoms with E-state index in [0.29, 0.717) is 16.7 Å². The molecule has 0 aliphatic rings. The van der Waals surface area contributed by atoms with E-state index in [1.165, 1.54) is 11.8 Å². The van der Waals surface area contributed by atoms with Crippen molar-refractivity contribution in [2.45, 2.75) is 37.4 Å². The van der Waals surface area contributed by atoms with Crippen molar-refractivity contribution in [2.24, 2.45) is 5.92 Å². The van der Waals surface area contributed by atoms with E-state index in [1.807, 2.05) is 25.1 Å². The van der Waals surface area contributed by atoms with Crippen LogP contribution in [0.3, 0.4) is 0 Å². The molecular formula is C16H19N3OS. The second-order valence-electron chi connectivity index (χ2n) is 5.32. The maximum absolute atomic E-state index is 9.30. The normalized spacial score (nSPS) is 10.8. The van der Waals surface area contributed by atoms with E-state index in [-0.39, 0.29) is 0 Å². The van der Waals surface area contributed by atoms with E-state index in [9.17, 15) is 5.26 Å². The van der Waals surface area contributed by atoms with Gasteiger partial charge in [0.1, 0.15) is 12.3 Å². The summed E-state index contributed by atoms with van der Waals surface area (Å²) >= 11 is 1.38. The molecule has 0 radical (unpaired) electrons. The van der Waals surface area contributed by atoms with Crippen molar-refractivity contribution in [1.82, 2.24) is 10.3 Å². The van der Waals surface area contributed by atoms with Gasteiger partial charge in [0.15, 0.2) is 0 Å². The summed E-state index contributed by atoms with van der Waals surface area (Å²) in [4.78, 5) is 5.11. The van der Waals surface area contributed by atoms with Gasteiger partial charge in [0.25, 0.3) is 5.22 Å². The lowest BCUT2D eigenvalue weighted by molar-refractivity contribution is 0.454. The number of nitrogens with zero attached hydrogens (tertiary/aromatic N) is 2. The summed E-state index contributed by atoms with van der Waals surface area (Å²) in [5.74, 6) is 0.614. The second-order valence-corrected chi connectivity index (χ2v) is 6.32. The summed E-state index contributed by atoms with van der Waals surface area (Å²) in [6, 6.07) is 8.15. The Kier molecular flexibility index (Phi) is 5.43. The molecule has 0 amide bonds. The third kappa shape index (κ3) is 4.62. The molecule has 0 aliphatic heterocycles. The number of rotatable bonds is 6. The Labute approximate surface area is 129 Å². The van der Waals surface area contributed by atoms with Gasteiger partial charge in [-0.3, -0.25) is 0 Å². The van der Waals surface area contributed by atoms with E-state index in [0.717, 1.165) is 29.2 Å². The predicted molar refractivity (Wildman–Crippen MR) is 83.1 cm³/mol. The molecule has 1 aromatic carbocycles. The first-order valence-corrected chi connectivity index (χ1v) is 7.74. The van der Waals surface area contributed by atoms with Crippen molar-refractivity contribution in [3.63, 3.8) is 0 Å². The first-order valence-electron chi connectivity index (χ1n) is 6.92. The van der Waals surface area contributed by atoms with Crippen LogP contribution in [0.2, 0.25) is 0 Å². The van der Waals surface area contributed by atoms with Crippen LogP contribution in [0.1, 0.15) is 30.7 Å². The zero-order valence-electron chi connectivity index (χ0n) is 12.5. The summed E-state index contributed by atoms with van der Waals surface area (Å²) in [6.07, 6.45) is 1.61. The van der Waals surface area contributed by atoms with Gasteiger partial charge in [-0.05, 0) is 48.8 Å². The maximum atomic E-state index is 9.30. The molecule has 4 nitrogen and oxygen atoms in total. The van der Waals surface area contributed by atoms with Crippen LogP contribution in [-0.2, 0) is 6.54 Å². The van der Waals surface area contributed by atoms with Gasteiger partial charge in [0.2, 0.25) is 0 Å². The number of benzene rings is 1. The quantitative estimate of drug-likeness (QED) is 0.880. The monoisotopic (exact) mass is 301 g/mol. The molecule has 0 spiro atoms. The fraction of sp³-hybridized carbons (Fsp3) is 0.375. The third-order valence-electron chi connectivity index (χ3n) is 2.84. The summed E-state index contributed by atoms with van der Waals surface area (Å²) in [7, 11) is 0. The number of hydrogen-bond acceptors (Lipinski definition) is 5. The molecule has 2 rings (SSSR count). The van der Waals surface area contributed by atoms with Gasteiger partial charge in [-0.25, -0.2) is 4.98 Å². The van der Waals surface area contributed by atoms with Crippen molar-refractivity contribution >= 4 is 11.8 Å². The molecule has 0 atom stereocenters. The number of aromatic nitrogens is 1. The average Bonchev–Trinajstić information content (AvgIpc) is 2.85. The second kappa shape index (κ2) is 7.30. The van der Waals surface area contributed by atoms with Crippen LogP contribution < -0.4 is 5.32 Å². The van der Waals surface area contributed by atoms with Crippen LogP contribution in [0, 0.1) is 24.2 Å². The van der Waals surface area contributed by atoms with Gasteiger partial charge in [-0.15, -0.1) is 0 Å². The predicted octanol–water partition coefficient (Wildman–Crippen LogP) is 3.75. The average molecular weight is 301 g/mol. The molecule has 110 valence electrons. The SMILES string of the molecule is Cc1coc(Sc2ccc(CNCC(C)C)cc2C#N)n1. The van der Waals surface area contributed by atoms with Crippen LogP contribution in [-0.4, -0.2) is 11.5 Å². The molecule has 1 N–H and O–H groups in total. The maximum Gasteiger partial charge on any atom is 0.260 e. The molecule has 0 bridgehead atoms.